The molecule has 1 heterocycles. The molecule has 1 saturated heterocycles. The number of aliphatic hydroxyl groups is 3. The van der Waals surface area contributed by atoms with Crippen LogP contribution in [0.3, 0.4) is 0 Å². The normalized spacial score (nSPS) is 42.3. The first-order valence-corrected chi connectivity index (χ1v) is 11.2. The molecule has 5 fully saturated rings. The summed E-state index contributed by atoms with van der Waals surface area (Å²) in [5, 5.41) is 30.2. The van der Waals surface area contributed by atoms with Gasteiger partial charge in [-0.1, -0.05) is 12.1 Å². The van der Waals surface area contributed by atoms with Gasteiger partial charge in [0.25, 0.3) is 0 Å². The summed E-state index contributed by atoms with van der Waals surface area (Å²) in [5.41, 5.74) is 2.44. The number of rotatable bonds is 4. The Morgan fingerprint density at radius 3 is 2.23 bits per heavy atom. The molecule has 6 nitrogen and oxygen atoms in total. The second-order valence-corrected chi connectivity index (χ2v) is 9.62. The van der Waals surface area contributed by atoms with Crippen LogP contribution in [0.15, 0.2) is 29.8 Å². The van der Waals surface area contributed by atoms with E-state index in [0.717, 1.165) is 23.2 Å². The quantitative estimate of drug-likeness (QED) is 0.654. The van der Waals surface area contributed by atoms with E-state index in [0.29, 0.717) is 17.6 Å². The maximum absolute atomic E-state index is 10.3. The lowest BCUT2D eigenvalue weighted by molar-refractivity contribution is -0.268. The van der Waals surface area contributed by atoms with Crippen LogP contribution in [0.2, 0.25) is 0 Å². The van der Waals surface area contributed by atoms with Crippen molar-refractivity contribution in [2.24, 2.45) is 23.7 Å². The number of ether oxygens (including phenoxy) is 3. The number of methoxy groups -OCH3 is 1. The second-order valence-electron chi connectivity index (χ2n) is 9.62. The molecule has 5 atom stereocenters. The van der Waals surface area contributed by atoms with Crippen LogP contribution in [0.25, 0.3) is 5.76 Å². The average Bonchev–Trinajstić information content (AvgIpc) is 2.72. The molecular weight excluding hydrogens is 384 g/mol. The lowest BCUT2D eigenvalue weighted by atomic mass is 9.54. The van der Waals surface area contributed by atoms with Crippen molar-refractivity contribution in [3.05, 3.63) is 35.4 Å². The fourth-order valence-corrected chi connectivity index (χ4v) is 6.42. The lowest BCUT2D eigenvalue weighted by Crippen LogP contribution is -2.58. The Balaban J connectivity index is 1.41. The van der Waals surface area contributed by atoms with Gasteiger partial charge in [0.15, 0.2) is 0 Å². The van der Waals surface area contributed by atoms with Crippen molar-refractivity contribution in [3.8, 4) is 5.75 Å². The Morgan fingerprint density at radius 1 is 0.933 bits per heavy atom. The molecule has 0 amide bonds. The lowest BCUT2D eigenvalue weighted by Gasteiger charge is -2.51. The van der Waals surface area contributed by atoms with E-state index in [1.54, 1.807) is 20.1 Å². The summed E-state index contributed by atoms with van der Waals surface area (Å²) < 4.78 is 17.4. The highest BCUT2D eigenvalue weighted by Crippen LogP contribution is 2.58. The van der Waals surface area contributed by atoms with Crippen LogP contribution in [-0.4, -0.2) is 53.1 Å². The van der Waals surface area contributed by atoms with Gasteiger partial charge in [-0.2, -0.15) is 0 Å². The standard InChI is InChI=1S/C24H32O6/c1-12-20(25)21(26)22(27)24(29-12)30-18-5-3-4-15(11-18)23(28-2)19-16-7-13-6-14(9-16)10-17(19)8-13/h3-5,11-14,16-17,20-22,24-27H,6-10H2,1-2H3. The van der Waals surface area contributed by atoms with Gasteiger partial charge in [-0.3, -0.25) is 0 Å². The van der Waals surface area contributed by atoms with Crippen LogP contribution < -0.4 is 4.74 Å². The van der Waals surface area contributed by atoms with Crippen LogP contribution in [0.1, 0.15) is 44.6 Å². The number of aliphatic hydroxyl groups excluding tert-OH is 3. The third kappa shape index (κ3) is 3.44. The van der Waals surface area contributed by atoms with Gasteiger partial charge in [-0.15, -0.1) is 0 Å². The van der Waals surface area contributed by atoms with Crippen molar-refractivity contribution < 1.29 is 29.5 Å². The number of hydrogen-bond acceptors (Lipinski definition) is 6. The Kier molecular flexibility index (Phi) is 5.30. The first kappa shape index (κ1) is 20.3. The fraction of sp³-hybridized carbons (Fsp3) is 0.667. The van der Waals surface area contributed by atoms with E-state index in [4.69, 9.17) is 14.2 Å². The summed E-state index contributed by atoms with van der Waals surface area (Å²) >= 11 is 0. The zero-order valence-corrected chi connectivity index (χ0v) is 17.6. The van der Waals surface area contributed by atoms with E-state index >= 15 is 0 Å². The van der Waals surface area contributed by atoms with E-state index in [1.165, 1.54) is 37.7 Å². The van der Waals surface area contributed by atoms with E-state index in [1.807, 2.05) is 18.2 Å². The molecule has 0 aromatic heterocycles. The molecule has 4 saturated carbocycles. The van der Waals surface area contributed by atoms with Crippen molar-refractivity contribution in [1.29, 1.82) is 0 Å². The van der Waals surface area contributed by atoms with Gasteiger partial charge in [0.1, 0.15) is 29.8 Å². The number of benzene rings is 1. The molecule has 1 aromatic carbocycles. The van der Waals surface area contributed by atoms with Gasteiger partial charge in [0, 0.05) is 5.56 Å². The minimum absolute atomic E-state index is 0.534. The highest BCUT2D eigenvalue weighted by Gasteiger charge is 2.47. The van der Waals surface area contributed by atoms with Crippen LogP contribution in [0, 0.1) is 23.7 Å². The molecule has 6 heteroatoms. The van der Waals surface area contributed by atoms with Gasteiger partial charge in [0.2, 0.25) is 6.29 Å². The summed E-state index contributed by atoms with van der Waals surface area (Å²) in [6.07, 6.45) is 1.07. The molecule has 164 valence electrons. The molecule has 4 bridgehead atoms. The molecule has 1 aromatic rings. The van der Waals surface area contributed by atoms with Gasteiger partial charge < -0.3 is 29.5 Å². The number of allylic oxidation sites excluding steroid dienone is 1. The molecule has 0 radical (unpaired) electrons. The van der Waals surface area contributed by atoms with Gasteiger partial charge >= 0.3 is 0 Å². The summed E-state index contributed by atoms with van der Waals surface area (Å²) in [4.78, 5) is 0. The first-order chi connectivity index (χ1) is 14.4. The monoisotopic (exact) mass is 416 g/mol. The zero-order valence-electron chi connectivity index (χ0n) is 17.6. The number of hydrogen-bond donors (Lipinski definition) is 3. The first-order valence-electron chi connectivity index (χ1n) is 11.2. The predicted molar refractivity (Wildman–Crippen MR) is 110 cm³/mol. The minimum Gasteiger partial charge on any atom is -0.496 e. The maximum Gasteiger partial charge on any atom is 0.229 e. The Hall–Kier alpha value is -1.60. The van der Waals surface area contributed by atoms with Crippen molar-refractivity contribution >= 4 is 5.76 Å². The van der Waals surface area contributed by atoms with Crippen LogP contribution in [0.5, 0.6) is 5.75 Å². The molecule has 30 heavy (non-hydrogen) atoms. The third-order valence-corrected chi connectivity index (χ3v) is 7.64. The molecule has 5 aliphatic rings. The van der Waals surface area contributed by atoms with Gasteiger partial charge in [-0.25, -0.2) is 0 Å². The smallest absolute Gasteiger partial charge is 0.229 e. The molecule has 4 aliphatic carbocycles. The summed E-state index contributed by atoms with van der Waals surface area (Å²) in [7, 11) is 1.74. The Bertz CT molecular complexity index is 790. The largest absolute Gasteiger partial charge is 0.496 e. The van der Waals surface area contributed by atoms with Crippen LogP contribution in [-0.2, 0) is 9.47 Å². The van der Waals surface area contributed by atoms with Gasteiger partial charge in [0.05, 0.1) is 13.2 Å². The highest BCUT2D eigenvalue weighted by molar-refractivity contribution is 5.66. The fourth-order valence-electron chi connectivity index (χ4n) is 6.42. The van der Waals surface area contributed by atoms with Gasteiger partial charge in [-0.05, 0) is 80.4 Å². The van der Waals surface area contributed by atoms with Crippen LogP contribution in [0.4, 0.5) is 0 Å². The second kappa shape index (κ2) is 7.83. The predicted octanol–water partition coefficient (Wildman–Crippen LogP) is 2.71. The average molecular weight is 417 g/mol. The molecule has 0 spiro atoms. The van der Waals surface area contributed by atoms with Crippen molar-refractivity contribution in [2.75, 3.05) is 7.11 Å². The summed E-state index contributed by atoms with van der Waals surface area (Å²) in [6, 6.07) is 7.65. The minimum atomic E-state index is -1.33. The topological polar surface area (TPSA) is 88.4 Å². The molecule has 3 N–H and O–H groups in total. The maximum atomic E-state index is 10.3. The SMILES string of the molecule is COC(=C1C2CC3CC(C2)CC1C3)c1cccc(OC2OC(C)C(O)C(O)C2O)c1. The Morgan fingerprint density at radius 2 is 1.60 bits per heavy atom. The molecule has 1 aliphatic heterocycles. The highest BCUT2D eigenvalue weighted by atomic mass is 16.7. The van der Waals surface area contributed by atoms with Crippen molar-refractivity contribution in [3.63, 3.8) is 0 Å². The van der Waals surface area contributed by atoms with Crippen LogP contribution >= 0.6 is 0 Å². The Labute approximate surface area is 177 Å². The summed E-state index contributed by atoms with van der Waals surface area (Å²) in [5.74, 6) is 4.52. The van der Waals surface area contributed by atoms with E-state index in [-0.39, 0.29) is 0 Å². The third-order valence-electron chi connectivity index (χ3n) is 7.64. The molecule has 6 rings (SSSR count). The van der Waals surface area contributed by atoms with E-state index < -0.39 is 30.7 Å². The molecule has 5 unspecified atom stereocenters. The zero-order chi connectivity index (χ0) is 21.0. The summed E-state index contributed by atoms with van der Waals surface area (Å²) in [6.45, 7) is 1.65. The van der Waals surface area contributed by atoms with E-state index in [2.05, 4.69) is 0 Å². The van der Waals surface area contributed by atoms with Crippen molar-refractivity contribution in [2.45, 2.75) is 69.7 Å². The van der Waals surface area contributed by atoms with E-state index in [9.17, 15) is 15.3 Å². The molecular formula is C24H32O6. The van der Waals surface area contributed by atoms with Crippen molar-refractivity contribution in [1.82, 2.24) is 0 Å².